The van der Waals surface area contributed by atoms with Gasteiger partial charge in [-0.05, 0) is 36.9 Å². The minimum absolute atomic E-state index is 0.0341. The summed E-state index contributed by atoms with van der Waals surface area (Å²) in [5.74, 6) is 0.00555. The van der Waals surface area contributed by atoms with E-state index in [0.717, 1.165) is 37.5 Å². The molecule has 1 fully saturated rings. The number of anilines is 1. The normalized spacial score (nSPS) is 15.7. The number of amides is 2. The van der Waals surface area contributed by atoms with E-state index in [1.807, 2.05) is 24.3 Å². The Kier molecular flexibility index (Phi) is 7.86. The Morgan fingerprint density at radius 2 is 1.61 bits per heavy atom. The summed E-state index contributed by atoms with van der Waals surface area (Å²) in [4.78, 5) is 29.4. The van der Waals surface area contributed by atoms with Crippen molar-refractivity contribution in [3.63, 3.8) is 0 Å². The summed E-state index contributed by atoms with van der Waals surface area (Å²) in [5.41, 5.74) is 1.57. The predicted octanol–water partition coefficient (Wildman–Crippen LogP) is 1.75. The van der Waals surface area contributed by atoms with Crippen LogP contribution in [0.2, 0.25) is 0 Å². The van der Waals surface area contributed by atoms with Crippen molar-refractivity contribution in [2.75, 3.05) is 59.3 Å². The Hall–Kier alpha value is -3.10. The van der Waals surface area contributed by atoms with Gasteiger partial charge in [0.1, 0.15) is 11.5 Å². The molecule has 0 bridgehead atoms. The highest BCUT2D eigenvalue weighted by molar-refractivity contribution is 6.39. The van der Waals surface area contributed by atoms with Gasteiger partial charge in [-0.2, -0.15) is 0 Å². The van der Waals surface area contributed by atoms with E-state index in [-0.39, 0.29) is 6.04 Å². The van der Waals surface area contributed by atoms with Gasteiger partial charge in [-0.25, -0.2) is 0 Å². The van der Waals surface area contributed by atoms with Crippen LogP contribution in [-0.4, -0.2) is 75.6 Å². The van der Waals surface area contributed by atoms with Gasteiger partial charge in [-0.3, -0.25) is 14.5 Å². The molecule has 3 rings (SSSR count). The Bertz CT molecular complexity index is 879. The van der Waals surface area contributed by atoms with Gasteiger partial charge < -0.3 is 25.0 Å². The van der Waals surface area contributed by atoms with Gasteiger partial charge in [0.15, 0.2) is 0 Å². The summed E-state index contributed by atoms with van der Waals surface area (Å²) < 4.78 is 10.4. The summed E-state index contributed by atoms with van der Waals surface area (Å²) >= 11 is 0. The number of rotatable bonds is 7. The highest BCUT2D eigenvalue weighted by atomic mass is 16.5. The fourth-order valence-corrected chi connectivity index (χ4v) is 3.58. The fourth-order valence-electron chi connectivity index (χ4n) is 3.58. The number of hydrogen-bond acceptors (Lipinski definition) is 6. The lowest BCUT2D eigenvalue weighted by atomic mass is 10.0. The zero-order valence-corrected chi connectivity index (χ0v) is 18.3. The lowest BCUT2D eigenvalue weighted by Gasteiger charge is -2.38. The molecule has 0 unspecified atom stereocenters. The predicted molar refractivity (Wildman–Crippen MR) is 119 cm³/mol. The summed E-state index contributed by atoms with van der Waals surface area (Å²) in [7, 11) is 5.28. The van der Waals surface area contributed by atoms with E-state index in [4.69, 9.17) is 9.47 Å². The van der Waals surface area contributed by atoms with Crippen LogP contribution in [0.25, 0.3) is 0 Å². The van der Waals surface area contributed by atoms with Gasteiger partial charge in [-0.1, -0.05) is 18.2 Å². The van der Waals surface area contributed by atoms with E-state index in [1.165, 1.54) is 0 Å². The molecule has 8 heteroatoms. The number of likely N-dealkylation sites (N-methyl/N-ethyl adjacent to an activating group) is 1. The van der Waals surface area contributed by atoms with Gasteiger partial charge in [0, 0.05) is 44.5 Å². The number of benzene rings is 2. The maximum atomic E-state index is 12.5. The van der Waals surface area contributed by atoms with Crippen molar-refractivity contribution >= 4 is 17.5 Å². The molecule has 2 N–H and O–H groups in total. The number of piperazine rings is 1. The SMILES string of the molecule is COc1ccc([C@H](CNC(=O)C(=O)Nc2cccc(OC)c2)N2CCN(C)CC2)cc1. The molecule has 31 heavy (non-hydrogen) atoms. The van der Waals surface area contributed by atoms with Crippen LogP contribution in [0, 0.1) is 0 Å². The third-order valence-electron chi connectivity index (χ3n) is 5.47. The Morgan fingerprint density at radius 1 is 0.935 bits per heavy atom. The molecule has 2 aromatic rings. The molecule has 1 aliphatic rings. The number of methoxy groups -OCH3 is 2. The van der Waals surface area contributed by atoms with E-state index in [9.17, 15) is 9.59 Å². The molecule has 0 aromatic heterocycles. The average Bonchev–Trinajstić information content (AvgIpc) is 2.80. The first kappa shape index (κ1) is 22.6. The molecule has 166 valence electrons. The molecule has 1 atom stereocenters. The molecule has 8 nitrogen and oxygen atoms in total. The first-order valence-electron chi connectivity index (χ1n) is 10.3. The van der Waals surface area contributed by atoms with Crippen molar-refractivity contribution in [2.24, 2.45) is 0 Å². The minimum atomic E-state index is -0.708. The second kappa shape index (κ2) is 10.8. The number of ether oxygens (including phenoxy) is 2. The van der Waals surface area contributed by atoms with Crippen LogP contribution in [0.3, 0.4) is 0 Å². The van der Waals surface area contributed by atoms with E-state index in [0.29, 0.717) is 18.0 Å². The number of hydrogen-bond donors (Lipinski definition) is 2. The molecule has 0 aliphatic carbocycles. The summed E-state index contributed by atoms with van der Waals surface area (Å²) in [6, 6.07) is 14.7. The van der Waals surface area contributed by atoms with Crippen molar-refractivity contribution in [1.29, 1.82) is 0 Å². The second-order valence-corrected chi connectivity index (χ2v) is 7.52. The highest BCUT2D eigenvalue weighted by Gasteiger charge is 2.25. The molecule has 1 aliphatic heterocycles. The summed E-state index contributed by atoms with van der Waals surface area (Å²) in [5, 5.41) is 5.41. The second-order valence-electron chi connectivity index (χ2n) is 7.52. The van der Waals surface area contributed by atoms with Crippen molar-refractivity contribution in [3.05, 3.63) is 54.1 Å². The molecule has 1 heterocycles. The Labute approximate surface area is 183 Å². The molecular weight excluding hydrogens is 396 g/mol. The maximum absolute atomic E-state index is 12.5. The zero-order chi connectivity index (χ0) is 22.2. The molecule has 2 aromatic carbocycles. The summed E-state index contributed by atoms with van der Waals surface area (Å²) in [6.45, 7) is 4.02. The van der Waals surface area contributed by atoms with Crippen LogP contribution in [0.5, 0.6) is 11.5 Å². The largest absolute Gasteiger partial charge is 0.497 e. The molecule has 0 saturated carbocycles. The van der Waals surface area contributed by atoms with Gasteiger partial charge in [0.2, 0.25) is 0 Å². The van der Waals surface area contributed by atoms with Crippen molar-refractivity contribution in [3.8, 4) is 11.5 Å². The first-order valence-corrected chi connectivity index (χ1v) is 10.3. The quantitative estimate of drug-likeness (QED) is 0.657. The number of nitrogens with zero attached hydrogens (tertiary/aromatic N) is 2. The average molecular weight is 427 g/mol. The van der Waals surface area contributed by atoms with Crippen molar-refractivity contribution in [2.45, 2.75) is 6.04 Å². The van der Waals surface area contributed by atoms with Crippen LogP contribution in [0.15, 0.2) is 48.5 Å². The van der Waals surface area contributed by atoms with Gasteiger partial charge >= 0.3 is 11.8 Å². The fraction of sp³-hybridized carbons (Fsp3) is 0.391. The lowest BCUT2D eigenvalue weighted by molar-refractivity contribution is -0.136. The van der Waals surface area contributed by atoms with E-state index in [1.54, 1.807) is 38.5 Å². The monoisotopic (exact) mass is 426 g/mol. The number of carbonyl (C=O) groups excluding carboxylic acids is 2. The first-order chi connectivity index (χ1) is 15.0. The smallest absolute Gasteiger partial charge is 0.313 e. The van der Waals surface area contributed by atoms with Crippen molar-refractivity contribution < 1.29 is 19.1 Å². The third kappa shape index (κ3) is 6.19. The topological polar surface area (TPSA) is 83.1 Å². The van der Waals surface area contributed by atoms with Gasteiger partial charge in [0.25, 0.3) is 0 Å². The number of nitrogens with one attached hydrogen (secondary N) is 2. The summed E-state index contributed by atoms with van der Waals surface area (Å²) in [6.07, 6.45) is 0. The van der Waals surface area contributed by atoms with E-state index < -0.39 is 11.8 Å². The van der Waals surface area contributed by atoms with Gasteiger partial charge in [0.05, 0.1) is 20.3 Å². The van der Waals surface area contributed by atoms with Crippen LogP contribution in [0.4, 0.5) is 5.69 Å². The van der Waals surface area contributed by atoms with Crippen LogP contribution in [-0.2, 0) is 9.59 Å². The van der Waals surface area contributed by atoms with Crippen LogP contribution >= 0.6 is 0 Å². The van der Waals surface area contributed by atoms with E-state index in [2.05, 4.69) is 27.5 Å². The Morgan fingerprint density at radius 3 is 2.26 bits per heavy atom. The molecule has 0 radical (unpaired) electrons. The number of carbonyl (C=O) groups is 2. The standard InChI is InChI=1S/C23H30N4O4/c1-26-11-13-27(14-12-26)21(17-7-9-19(30-2)10-8-17)16-24-22(28)23(29)25-18-5-4-6-20(15-18)31-3/h4-10,15,21H,11-14,16H2,1-3H3,(H,24,28)(H,25,29)/t21-/m0/s1. The lowest BCUT2D eigenvalue weighted by Crippen LogP contribution is -2.49. The highest BCUT2D eigenvalue weighted by Crippen LogP contribution is 2.24. The van der Waals surface area contributed by atoms with Crippen molar-refractivity contribution in [1.82, 2.24) is 15.1 Å². The molecule has 1 saturated heterocycles. The minimum Gasteiger partial charge on any atom is -0.497 e. The molecule has 2 amide bonds. The maximum Gasteiger partial charge on any atom is 0.313 e. The van der Waals surface area contributed by atoms with Crippen LogP contribution in [0.1, 0.15) is 11.6 Å². The zero-order valence-electron chi connectivity index (χ0n) is 18.3. The molecular formula is C23H30N4O4. The Balaban J connectivity index is 1.65. The third-order valence-corrected chi connectivity index (χ3v) is 5.47. The molecule has 0 spiro atoms. The van der Waals surface area contributed by atoms with Gasteiger partial charge in [-0.15, -0.1) is 0 Å². The van der Waals surface area contributed by atoms with Crippen LogP contribution < -0.4 is 20.1 Å². The van der Waals surface area contributed by atoms with E-state index >= 15 is 0 Å².